The highest BCUT2D eigenvalue weighted by atomic mass is 32.1. The number of nitrogens with zero attached hydrogens (tertiary/aromatic N) is 1. The van der Waals surface area contributed by atoms with Crippen LogP contribution in [0.25, 0.3) is 12.2 Å². The number of carbonyl (C=O) groups excluding carboxylic acids is 1. The number of aldehydes is 1. The highest BCUT2D eigenvalue weighted by Gasteiger charge is 2.08. The predicted molar refractivity (Wildman–Crippen MR) is 105 cm³/mol. The van der Waals surface area contributed by atoms with Crippen LogP contribution in [0.4, 0.5) is 5.00 Å². The molecule has 0 aliphatic carbocycles. The van der Waals surface area contributed by atoms with E-state index in [1.54, 1.807) is 0 Å². The van der Waals surface area contributed by atoms with Crippen molar-refractivity contribution >= 4 is 46.1 Å². The van der Waals surface area contributed by atoms with Gasteiger partial charge in [0.25, 0.3) is 0 Å². The van der Waals surface area contributed by atoms with Gasteiger partial charge in [0, 0.05) is 22.8 Å². The number of thiophene rings is 2. The lowest BCUT2D eigenvalue weighted by Gasteiger charge is -2.22. The molecule has 2 nitrogen and oxygen atoms in total. The number of carbonyl (C=O) groups is 1. The average Bonchev–Trinajstić information content (AvgIpc) is 3.22. The van der Waals surface area contributed by atoms with Crippen LogP contribution in [0, 0.1) is 0 Å². The molecule has 2 aromatic heterocycles. The van der Waals surface area contributed by atoms with Crippen molar-refractivity contribution < 1.29 is 4.79 Å². The molecule has 0 N–H and O–H groups in total. The zero-order chi connectivity index (χ0) is 16.5. The van der Waals surface area contributed by atoms with E-state index in [-0.39, 0.29) is 0 Å². The first-order chi connectivity index (χ1) is 11.3. The number of anilines is 1. The van der Waals surface area contributed by atoms with E-state index in [9.17, 15) is 4.79 Å². The maximum atomic E-state index is 10.7. The van der Waals surface area contributed by atoms with Crippen LogP contribution in [0.2, 0.25) is 0 Å². The monoisotopic (exact) mass is 347 g/mol. The predicted octanol–water partition coefficient (Wildman–Crippen LogP) is 6.20. The Kier molecular flexibility index (Phi) is 7.56. The summed E-state index contributed by atoms with van der Waals surface area (Å²) in [5, 5.41) is 1.37. The summed E-state index contributed by atoms with van der Waals surface area (Å²) in [6.07, 6.45) is 10.1. The van der Waals surface area contributed by atoms with E-state index in [0.717, 1.165) is 29.1 Å². The summed E-state index contributed by atoms with van der Waals surface area (Å²) in [6, 6.07) is 8.29. The Balaban J connectivity index is 2.03. The van der Waals surface area contributed by atoms with Gasteiger partial charge in [-0.1, -0.05) is 26.7 Å². The minimum atomic E-state index is 0.779. The summed E-state index contributed by atoms with van der Waals surface area (Å²) in [5.74, 6) is 0. The zero-order valence-electron chi connectivity index (χ0n) is 14.0. The molecule has 0 spiro atoms. The van der Waals surface area contributed by atoms with Gasteiger partial charge in [0.2, 0.25) is 0 Å². The summed E-state index contributed by atoms with van der Waals surface area (Å²) in [5.41, 5.74) is 0. The quantitative estimate of drug-likeness (QED) is 0.477. The van der Waals surface area contributed by atoms with Crippen LogP contribution in [0.1, 0.15) is 59.0 Å². The molecule has 0 bridgehead atoms. The summed E-state index contributed by atoms with van der Waals surface area (Å²) in [6.45, 7) is 6.78. The van der Waals surface area contributed by atoms with E-state index in [1.807, 2.05) is 23.5 Å². The van der Waals surface area contributed by atoms with Gasteiger partial charge in [-0.15, -0.1) is 22.7 Å². The largest absolute Gasteiger partial charge is 0.363 e. The van der Waals surface area contributed by atoms with Crippen LogP contribution >= 0.6 is 22.7 Å². The molecule has 4 heteroatoms. The molecular weight excluding hydrogens is 322 g/mol. The van der Waals surface area contributed by atoms with E-state index in [0.29, 0.717) is 0 Å². The van der Waals surface area contributed by atoms with Gasteiger partial charge in [0.15, 0.2) is 6.29 Å². The third kappa shape index (κ3) is 5.63. The number of unbranched alkanes of at least 4 members (excludes halogenated alkanes) is 2. The van der Waals surface area contributed by atoms with Crippen LogP contribution in [0.3, 0.4) is 0 Å². The van der Waals surface area contributed by atoms with Gasteiger partial charge in [-0.3, -0.25) is 4.79 Å². The first-order valence-electron chi connectivity index (χ1n) is 8.34. The normalized spacial score (nSPS) is 11.2. The van der Waals surface area contributed by atoms with E-state index < -0.39 is 0 Å². The molecule has 23 heavy (non-hydrogen) atoms. The molecule has 0 atom stereocenters. The molecule has 0 unspecified atom stereocenters. The van der Waals surface area contributed by atoms with Gasteiger partial charge in [-0.25, -0.2) is 0 Å². The fourth-order valence-corrected chi connectivity index (χ4v) is 4.01. The molecule has 0 radical (unpaired) electrons. The molecular formula is C19H25NOS2. The molecule has 0 aliphatic heterocycles. The molecule has 2 rings (SSSR count). The smallest absolute Gasteiger partial charge is 0.160 e. The topological polar surface area (TPSA) is 20.3 Å². The molecule has 0 fully saturated rings. The second kappa shape index (κ2) is 9.68. The minimum Gasteiger partial charge on any atom is -0.363 e. The van der Waals surface area contributed by atoms with Gasteiger partial charge in [-0.2, -0.15) is 0 Å². The van der Waals surface area contributed by atoms with Crippen molar-refractivity contribution in [1.29, 1.82) is 0 Å². The summed E-state index contributed by atoms with van der Waals surface area (Å²) in [4.78, 5) is 16.4. The number of rotatable bonds is 10. The average molecular weight is 348 g/mol. The second-order valence-electron chi connectivity index (χ2n) is 5.56. The Morgan fingerprint density at radius 1 is 0.870 bits per heavy atom. The van der Waals surface area contributed by atoms with Gasteiger partial charge >= 0.3 is 0 Å². The second-order valence-corrected chi connectivity index (χ2v) is 7.80. The molecule has 0 aromatic carbocycles. The Morgan fingerprint density at radius 3 is 2.00 bits per heavy atom. The molecule has 0 amide bonds. The fraction of sp³-hybridized carbons (Fsp3) is 0.421. The number of hydrogen-bond donors (Lipinski definition) is 0. The van der Waals surface area contributed by atoms with Crippen LogP contribution < -0.4 is 4.90 Å². The van der Waals surface area contributed by atoms with Crippen molar-refractivity contribution in [2.24, 2.45) is 0 Å². The first-order valence-corrected chi connectivity index (χ1v) is 9.98. The molecule has 2 heterocycles. The summed E-state index contributed by atoms with van der Waals surface area (Å²) in [7, 11) is 0. The van der Waals surface area contributed by atoms with Crippen molar-refractivity contribution in [3.05, 3.63) is 38.9 Å². The Bertz CT molecular complexity index is 619. The molecule has 0 saturated heterocycles. The Labute approximate surface area is 147 Å². The van der Waals surface area contributed by atoms with Gasteiger partial charge < -0.3 is 4.90 Å². The SMILES string of the molecule is CCCCN(CCCC)c1ccc(C=Cc2ccc(C=O)s2)s1. The molecule has 0 aliphatic rings. The summed E-state index contributed by atoms with van der Waals surface area (Å²) >= 11 is 3.37. The highest BCUT2D eigenvalue weighted by molar-refractivity contribution is 7.17. The maximum absolute atomic E-state index is 10.7. The van der Waals surface area contributed by atoms with Crippen LogP contribution in [-0.4, -0.2) is 19.4 Å². The lowest BCUT2D eigenvalue weighted by molar-refractivity contribution is 0.112. The van der Waals surface area contributed by atoms with Crippen molar-refractivity contribution in [2.75, 3.05) is 18.0 Å². The Hall–Kier alpha value is -1.39. The van der Waals surface area contributed by atoms with Crippen molar-refractivity contribution in [1.82, 2.24) is 0 Å². The standard InChI is InChI=1S/C19H25NOS2/c1-3-5-13-20(14-6-4-2)19-12-11-17(23-19)8-7-16-9-10-18(15-21)22-16/h7-12,15H,3-6,13-14H2,1-2H3. The van der Waals surface area contributed by atoms with Crippen molar-refractivity contribution in [3.63, 3.8) is 0 Å². The third-order valence-corrected chi connectivity index (χ3v) is 5.75. The molecule has 124 valence electrons. The molecule has 0 saturated carbocycles. The fourth-order valence-electron chi connectivity index (χ4n) is 2.32. The van der Waals surface area contributed by atoms with Gasteiger partial charge in [0.05, 0.1) is 9.88 Å². The van der Waals surface area contributed by atoms with Gasteiger partial charge in [0.1, 0.15) is 0 Å². The minimum absolute atomic E-state index is 0.779. The van der Waals surface area contributed by atoms with Crippen LogP contribution in [-0.2, 0) is 0 Å². The third-order valence-electron chi connectivity index (χ3n) is 3.66. The van der Waals surface area contributed by atoms with Crippen molar-refractivity contribution in [2.45, 2.75) is 39.5 Å². The number of hydrogen-bond acceptors (Lipinski definition) is 4. The van der Waals surface area contributed by atoms with E-state index >= 15 is 0 Å². The first kappa shape index (κ1) is 18.0. The lowest BCUT2D eigenvalue weighted by Crippen LogP contribution is -2.24. The van der Waals surface area contributed by atoms with E-state index in [1.165, 1.54) is 46.9 Å². The van der Waals surface area contributed by atoms with Crippen molar-refractivity contribution in [3.8, 4) is 0 Å². The van der Waals surface area contributed by atoms with Crippen LogP contribution in [0.5, 0.6) is 0 Å². The van der Waals surface area contributed by atoms with Crippen LogP contribution in [0.15, 0.2) is 24.3 Å². The Morgan fingerprint density at radius 2 is 1.43 bits per heavy atom. The van der Waals surface area contributed by atoms with E-state index in [2.05, 4.69) is 43.0 Å². The zero-order valence-corrected chi connectivity index (χ0v) is 15.6. The van der Waals surface area contributed by atoms with E-state index in [4.69, 9.17) is 0 Å². The summed E-state index contributed by atoms with van der Waals surface area (Å²) < 4.78 is 0. The van der Waals surface area contributed by atoms with Gasteiger partial charge in [-0.05, 0) is 49.3 Å². The maximum Gasteiger partial charge on any atom is 0.160 e. The lowest BCUT2D eigenvalue weighted by atomic mass is 10.2. The highest BCUT2D eigenvalue weighted by Crippen LogP contribution is 2.29. The molecule has 2 aromatic rings.